The third-order valence-electron chi connectivity index (χ3n) is 4.49. The first-order chi connectivity index (χ1) is 13.2. The highest BCUT2D eigenvalue weighted by Crippen LogP contribution is 2.22. The van der Waals surface area contributed by atoms with Gasteiger partial charge in [0.25, 0.3) is 5.91 Å². The van der Waals surface area contributed by atoms with Crippen molar-refractivity contribution in [3.05, 3.63) is 48.5 Å². The fraction of sp³-hybridized carbons (Fsp3) is 0.381. The highest BCUT2D eigenvalue weighted by molar-refractivity contribution is 5.94. The van der Waals surface area contributed by atoms with Gasteiger partial charge in [0.1, 0.15) is 11.5 Å². The SMILES string of the molecule is CCC(Oc1cccc(OC)c1)C(=O)Nc1ccc(N2CCOCC2)cc1. The monoisotopic (exact) mass is 370 g/mol. The molecule has 144 valence electrons. The molecule has 2 aromatic rings. The van der Waals surface area contributed by atoms with E-state index in [1.165, 1.54) is 0 Å². The molecule has 0 aliphatic carbocycles. The first kappa shape index (κ1) is 19.0. The van der Waals surface area contributed by atoms with E-state index in [4.69, 9.17) is 14.2 Å². The summed E-state index contributed by atoms with van der Waals surface area (Å²) < 4.78 is 16.4. The molecule has 1 atom stereocenters. The van der Waals surface area contributed by atoms with Crippen LogP contribution in [0, 0.1) is 0 Å². The molecule has 1 fully saturated rings. The second-order valence-corrected chi connectivity index (χ2v) is 6.33. The minimum atomic E-state index is -0.573. The Morgan fingerprint density at radius 2 is 1.85 bits per heavy atom. The van der Waals surface area contributed by atoms with Gasteiger partial charge in [-0.25, -0.2) is 0 Å². The number of rotatable bonds is 7. The van der Waals surface area contributed by atoms with Gasteiger partial charge in [-0.05, 0) is 42.8 Å². The lowest BCUT2D eigenvalue weighted by Gasteiger charge is -2.29. The molecular formula is C21H26N2O4. The summed E-state index contributed by atoms with van der Waals surface area (Å²) in [5.41, 5.74) is 1.89. The van der Waals surface area contributed by atoms with Crippen LogP contribution in [0.1, 0.15) is 13.3 Å². The Balaban J connectivity index is 1.60. The molecule has 27 heavy (non-hydrogen) atoms. The maximum Gasteiger partial charge on any atom is 0.265 e. The van der Waals surface area contributed by atoms with Gasteiger partial charge in [0.2, 0.25) is 0 Å². The van der Waals surface area contributed by atoms with Crippen LogP contribution in [0.25, 0.3) is 0 Å². The summed E-state index contributed by atoms with van der Waals surface area (Å²) in [6, 6.07) is 15.1. The van der Waals surface area contributed by atoms with Crippen LogP contribution in [0.2, 0.25) is 0 Å². The molecule has 0 spiro atoms. The fourth-order valence-corrected chi connectivity index (χ4v) is 2.96. The van der Waals surface area contributed by atoms with Gasteiger partial charge in [0, 0.05) is 30.5 Å². The summed E-state index contributed by atoms with van der Waals surface area (Å²) in [4.78, 5) is 14.9. The van der Waals surface area contributed by atoms with Gasteiger partial charge in [-0.3, -0.25) is 4.79 Å². The van der Waals surface area contributed by atoms with Crippen LogP contribution in [0.4, 0.5) is 11.4 Å². The van der Waals surface area contributed by atoms with Gasteiger partial charge in [-0.1, -0.05) is 13.0 Å². The zero-order chi connectivity index (χ0) is 19.1. The largest absolute Gasteiger partial charge is 0.497 e. The lowest BCUT2D eigenvalue weighted by atomic mass is 10.2. The number of hydrogen-bond donors (Lipinski definition) is 1. The first-order valence-electron chi connectivity index (χ1n) is 9.24. The molecule has 1 amide bonds. The normalized spacial score (nSPS) is 15.1. The molecule has 0 saturated carbocycles. The highest BCUT2D eigenvalue weighted by Gasteiger charge is 2.19. The average Bonchev–Trinajstić information content (AvgIpc) is 2.73. The number of ether oxygens (including phenoxy) is 3. The quantitative estimate of drug-likeness (QED) is 0.810. The van der Waals surface area contributed by atoms with Gasteiger partial charge in [-0.15, -0.1) is 0 Å². The molecule has 2 aromatic carbocycles. The summed E-state index contributed by atoms with van der Waals surface area (Å²) in [5, 5.41) is 2.93. The third kappa shape index (κ3) is 5.14. The van der Waals surface area contributed by atoms with E-state index in [2.05, 4.69) is 10.2 Å². The molecular weight excluding hydrogens is 344 g/mol. The van der Waals surface area contributed by atoms with E-state index < -0.39 is 6.10 Å². The van der Waals surface area contributed by atoms with Crippen LogP contribution in [-0.4, -0.2) is 45.4 Å². The summed E-state index contributed by atoms with van der Waals surface area (Å²) >= 11 is 0. The van der Waals surface area contributed by atoms with E-state index in [9.17, 15) is 4.79 Å². The van der Waals surface area contributed by atoms with E-state index in [1.54, 1.807) is 13.2 Å². The fourth-order valence-electron chi connectivity index (χ4n) is 2.96. The summed E-state index contributed by atoms with van der Waals surface area (Å²) in [5.74, 6) is 1.14. The van der Waals surface area contributed by atoms with Gasteiger partial charge in [0.05, 0.1) is 20.3 Å². The summed E-state index contributed by atoms with van der Waals surface area (Å²) in [6.45, 7) is 5.19. The van der Waals surface area contributed by atoms with E-state index in [0.29, 0.717) is 17.9 Å². The number of amides is 1. The molecule has 1 unspecified atom stereocenters. The van der Waals surface area contributed by atoms with Crippen LogP contribution >= 0.6 is 0 Å². The van der Waals surface area contributed by atoms with E-state index in [-0.39, 0.29) is 5.91 Å². The third-order valence-corrected chi connectivity index (χ3v) is 4.49. The number of hydrogen-bond acceptors (Lipinski definition) is 5. The van der Waals surface area contributed by atoms with Gasteiger partial charge in [0.15, 0.2) is 6.10 Å². The lowest BCUT2D eigenvalue weighted by molar-refractivity contribution is -0.122. The Labute approximate surface area is 160 Å². The van der Waals surface area contributed by atoms with Crippen LogP contribution in [0.15, 0.2) is 48.5 Å². The van der Waals surface area contributed by atoms with E-state index in [0.717, 1.165) is 37.7 Å². The second kappa shape index (κ2) is 9.28. The minimum absolute atomic E-state index is 0.167. The maximum absolute atomic E-state index is 12.6. The van der Waals surface area contributed by atoms with Crippen molar-refractivity contribution in [3.8, 4) is 11.5 Å². The van der Waals surface area contributed by atoms with Crippen LogP contribution in [-0.2, 0) is 9.53 Å². The van der Waals surface area contributed by atoms with Gasteiger partial charge < -0.3 is 24.4 Å². The van der Waals surface area contributed by atoms with Crippen molar-refractivity contribution in [1.29, 1.82) is 0 Å². The van der Waals surface area contributed by atoms with Gasteiger partial charge in [-0.2, -0.15) is 0 Å². The first-order valence-corrected chi connectivity index (χ1v) is 9.24. The van der Waals surface area contributed by atoms with Crippen molar-refractivity contribution in [2.45, 2.75) is 19.4 Å². The number of nitrogens with one attached hydrogen (secondary N) is 1. The van der Waals surface area contributed by atoms with Crippen LogP contribution in [0.3, 0.4) is 0 Å². The zero-order valence-corrected chi connectivity index (χ0v) is 15.8. The predicted molar refractivity (Wildman–Crippen MR) is 106 cm³/mol. The summed E-state index contributed by atoms with van der Waals surface area (Å²) in [7, 11) is 1.60. The number of carbonyl (C=O) groups excluding carboxylic acids is 1. The Bertz CT molecular complexity index is 742. The average molecular weight is 370 g/mol. The second-order valence-electron chi connectivity index (χ2n) is 6.33. The molecule has 6 heteroatoms. The van der Waals surface area contributed by atoms with E-state index >= 15 is 0 Å². The van der Waals surface area contributed by atoms with Crippen molar-refractivity contribution >= 4 is 17.3 Å². The topological polar surface area (TPSA) is 60.0 Å². The Morgan fingerprint density at radius 3 is 2.52 bits per heavy atom. The molecule has 0 bridgehead atoms. The lowest BCUT2D eigenvalue weighted by Crippen LogP contribution is -2.36. The number of nitrogens with zero attached hydrogens (tertiary/aromatic N) is 1. The van der Waals surface area contributed by atoms with Crippen molar-refractivity contribution in [1.82, 2.24) is 0 Å². The number of methoxy groups -OCH3 is 1. The molecule has 1 aliphatic heterocycles. The standard InChI is InChI=1S/C21H26N2O4/c1-3-20(27-19-6-4-5-18(15-19)25-2)21(24)22-16-7-9-17(10-8-16)23-11-13-26-14-12-23/h4-10,15,20H,3,11-14H2,1-2H3,(H,22,24). The molecule has 0 aromatic heterocycles. The van der Waals surface area contributed by atoms with Crippen molar-refractivity contribution in [3.63, 3.8) is 0 Å². The summed E-state index contributed by atoms with van der Waals surface area (Å²) in [6.07, 6.45) is -0.00873. The minimum Gasteiger partial charge on any atom is -0.497 e. The number of anilines is 2. The predicted octanol–water partition coefficient (Wildman–Crippen LogP) is 3.33. The van der Waals surface area contributed by atoms with Crippen molar-refractivity contribution in [2.24, 2.45) is 0 Å². The maximum atomic E-state index is 12.6. The van der Waals surface area contributed by atoms with Gasteiger partial charge >= 0.3 is 0 Å². The molecule has 3 rings (SSSR count). The number of morpholine rings is 1. The Morgan fingerprint density at radius 1 is 1.15 bits per heavy atom. The smallest absolute Gasteiger partial charge is 0.265 e. The molecule has 1 aliphatic rings. The zero-order valence-electron chi connectivity index (χ0n) is 15.8. The Kier molecular flexibility index (Phi) is 6.54. The van der Waals surface area contributed by atoms with Crippen LogP contribution in [0.5, 0.6) is 11.5 Å². The van der Waals surface area contributed by atoms with E-state index in [1.807, 2.05) is 49.4 Å². The molecule has 1 saturated heterocycles. The molecule has 1 N–H and O–H groups in total. The Hall–Kier alpha value is -2.73. The van der Waals surface area contributed by atoms with Crippen LogP contribution < -0.4 is 19.7 Å². The number of carbonyl (C=O) groups is 1. The number of benzene rings is 2. The van der Waals surface area contributed by atoms with Crippen molar-refractivity contribution in [2.75, 3.05) is 43.6 Å². The highest BCUT2D eigenvalue weighted by atomic mass is 16.5. The molecule has 0 radical (unpaired) electrons. The van der Waals surface area contributed by atoms with Crippen molar-refractivity contribution < 1.29 is 19.0 Å². The molecule has 1 heterocycles. The molecule has 6 nitrogen and oxygen atoms in total.